The maximum atomic E-state index is 8.80. The van der Waals surface area contributed by atoms with Gasteiger partial charge in [0.25, 0.3) is 0 Å². The molecule has 0 spiro atoms. The number of piperazine rings is 1. The molecule has 0 radical (unpaired) electrons. The lowest BCUT2D eigenvalue weighted by molar-refractivity contribution is 0.131. The van der Waals surface area contributed by atoms with Gasteiger partial charge in [-0.05, 0) is 24.7 Å². The lowest BCUT2D eigenvalue weighted by Gasteiger charge is -2.34. The van der Waals surface area contributed by atoms with Gasteiger partial charge in [-0.2, -0.15) is 0 Å². The summed E-state index contributed by atoms with van der Waals surface area (Å²) in [6, 6.07) is 5.59. The Morgan fingerprint density at radius 2 is 1.95 bits per heavy atom. The largest absolute Gasteiger partial charge is 0.496 e. The summed E-state index contributed by atoms with van der Waals surface area (Å²) < 4.78 is 5.42. The third kappa shape index (κ3) is 3.86. The molecule has 1 aromatic rings. The van der Waals surface area contributed by atoms with Gasteiger partial charge in [0.1, 0.15) is 5.75 Å². The minimum atomic E-state index is 0.120. The molecule has 2 rings (SSSR count). The summed E-state index contributed by atoms with van der Waals surface area (Å²) >= 11 is 0. The van der Waals surface area contributed by atoms with Crippen molar-refractivity contribution in [2.75, 3.05) is 39.8 Å². The lowest BCUT2D eigenvalue weighted by Crippen LogP contribution is -2.45. The average Bonchev–Trinajstić information content (AvgIpc) is 2.54. The van der Waals surface area contributed by atoms with Gasteiger partial charge in [-0.25, -0.2) is 0 Å². The van der Waals surface area contributed by atoms with Crippen LogP contribution in [-0.4, -0.2) is 60.7 Å². The van der Waals surface area contributed by atoms with Crippen molar-refractivity contribution in [2.24, 2.45) is 10.9 Å². The highest BCUT2D eigenvalue weighted by atomic mass is 16.5. The zero-order chi connectivity index (χ0) is 15.2. The third-order valence-corrected chi connectivity index (χ3v) is 3.99. The van der Waals surface area contributed by atoms with Crippen LogP contribution in [0.2, 0.25) is 0 Å². The summed E-state index contributed by atoms with van der Waals surface area (Å²) in [5.41, 5.74) is 7.43. The van der Waals surface area contributed by atoms with E-state index < -0.39 is 0 Å². The number of nitrogens with two attached hydrogens (primary N) is 1. The first-order valence-corrected chi connectivity index (χ1v) is 7.27. The second kappa shape index (κ2) is 7.28. The van der Waals surface area contributed by atoms with E-state index in [1.165, 1.54) is 0 Å². The molecule has 0 unspecified atom stereocenters. The van der Waals surface area contributed by atoms with E-state index >= 15 is 0 Å². The number of hydrogen-bond donors (Lipinski definition) is 2. The number of nitrogens with zero attached hydrogens (tertiary/aromatic N) is 3. The maximum absolute atomic E-state index is 8.80. The van der Waals surface area contributed by atoms with Crippen LogP contribution < -0.4 is 10.5 Å². The summed E-state index contributed by atoms with van der Waals surface area (Å²) in [7, 11) is 1.66. The number of hydrogen-bond acceptors (Lipinski definition) is 5. The van der Waals surface area contributed by atoms with Crippen LogP contribution in [0, 0.1) is 0 Å². The molecule has 1 aliphatic heterocycles. The van der Waals surface area contributed by atoms with Crippen molar-refractivity contribution < 1.29 is 9.94 Å². The fourth-order valence-electron chi connectivity index (χ4n) is 2.62. The van der Waals surface area contributed by atoms with Crippen LogP contribution in [-0.2, 0) is 6.54 Å². The molecule has 6 nitrogen and oxygen atoms in total. The fourth-order valence-corrected chi connectivity index (χ4v) is 2.62. The minimum Gasteiger partial charge on any atom is -0.496 e. The van der Waals surface area contributed by atoms with Gasteiger partial charge in [-0.3, -0.25) is 4.90 Å². The van der Waals surface area contributed by atoms with E-state index in [-0.39, 0.29) is 5.84 Å². The van der Waals surface area contributed by atoms with Crippen molar-refractivity contribution in [1.82, 2.24) is 9.80 Å². The summed E-state index contributed by atoms with van der Waals surface area (Å²) in [6.07, 6.45) is 0. The van der Waals surface area contributed by atoms with Crippen LogP contribution in [0.5, 0.6) is 5.75 Å². The van der Waals surface area contributed by atoms with Gasteiger partial charge in [-0.1, -0.05) is 12.1 Å². The molecule has 0 aromatic heterocycles. The predicted octanol–water partition coefficient (Wildman–Crippen LogP) is 0.927. The van der Waals surface area contributed by atoms with E-state index in [2.05, 4.69) is 21.9 Å². The van der Waals surface area contributed by atoms with E-state index in [4.69, 9.17) is 15.7 Å². The van der Waals surface area contributed by atoms with Gasteiger partial charge in [0.2, 0.25) is 0 Å². The second-order valence-electron chi connectivity index (χ2n) is 5.22. The molecule has 1 heterocycles. The second-order valence-corrected chi connectivity index (χ2v) is 5.22. The molecule has 116 valence electrons. The van der Waals surface area contributed by atoms with Crippen molar-refractivity contribution in [3.8, 4) is 5.75 Å². The molecule has 1 aliphatic rings. The van der Waals surface area contributed by atoms with Crippen molar-refractivity contribution in [1.29, 1.82) is 0 Å². The first-order chi connectivity index (χ1) is 10.2. The molecule has 0 saturated carbocycles. The topological polar surface area (TPSA) is 74.3 Å². The molecule has 1 saturated heterocycles. The van der Waals surface area contributed by atoms with Gasteiger partial charge in [-0.15, -0.1) is 0 Å². The predicted molar refractivity (Wildman–Crippen MR) is 82.9 cm³/mol. The first-order valence-electron chi connectivity index (χ1n) is 7.27. The average molecular weight is 292 g/mol. The first kappa shape index (κ1) is 15.6. The number of ether oxygens (including phenoxy) is 1. The third-order valence-electron chi connectivity index (χ3n) is 3.99. The standard InChI is InChI=1S/C15H24N4O2/c1-3-18-6-8-19(9-7-18)11-13-10-12(15(16)17-20)4-5-14(13)21-2/h4-5,10,20H,3,6-9,11H2,1-2H3,(H2,16,17). The van der Waals surface area contributed by atoms with Crippen LogP contribution in [0.15, 0.2) is 23.4 Å². The number of methoxy groups -OCH3 is 1. The summed E-state index contributed by atoms with van der Waals surface area (Å²) in [4.78, 5) is 4.85. The quantitative estimate of drug-likeness (QED) is 0.365. The lowest BCUT2D eigenvalue weighted by atomic mass is 10.1. The minimum absolute atomic E-state index is 0.120. The molecule has 21 heavy (non-hydrogen) atoms. The number of amidine groups is 1. The van der Waals surface area contributed by atoms with Crippen LogP contribution >= 0.6 is 0 Å². The van der Waals surface area contributed by atoms with Crippen molar-refractivity contribution >= 4 is 5.84 Å². The Balaban J connectivity index is 2.11. The summed E-state index contributed by atoms with van der Waals surface area (Å²) in [5, 5.41) is 11.9. The van der Waals surface area contributed by atoms with E-state index in [1.807, 2.05) is 12.1 Å². The van der Waals surface area contributed by atoms with E-state index in [9.17, 15) is 0 Å². The highest BCUT2D eigenvalue weighted by molar-refractivity contribution is 5.97. The van der Waals surface area contributed by atoms with Crippen LogP contribution in [0.3, 0.4) is 0 Å². The zero-order valence-electron chi connectivity index (χ0n) is 12.7. The molecular weight excluding hydrogens is 268 g/mol. The number of benzene rings is 1. The molecular formula is C15H24N4O2. The zero-order valence-corrected chi connectivity index (χ0v) is 12.7. The number of oxime groups is 1. The monoisotopic (exact) mass is 292 g/mol. The molecule has 0 amide bonds. The van der Waals surface area contributed by atoms with E-state index in [0.717, 1.165) is 50.6 Å². The number of likely N-dealkylation sites (N-methyl/N-ethyl adjacent to an activating group) is 1. The normalized spacial score (nSPS) is 17.9. The highest BCUT2D eigenvalue weighted by Crippen LogP contribution is 2.22. The molecule has 0 aliphatic carbocycles. The Labute approximate surface area is 125 Å². The molecule has 1 aromatic carbocycles. The Morgan fingerprint density at radius 3 is 2.52 bits per heavy atom. The highest BCUT2D eigenvalue weighted by Gasteiger charge is 2.17. The van der Waals surface area contributed by atoms with Crippen molar-refractivity contribution in [2.45, 2.75) is 13.5 Å². The van der Waals surface area contributed by atoms with Crippen LogP contribution in [0.4, 0.5) is 0 Å². The maximum Gasteiger partial charge on any atom is 0.170 e. The molecule has 0 atom stereocenters. The Hall–Kier alpha value is -1.79. The van der Waals surface area contributed by atoms with E-state index in [0.29, 0.717) is 5.56 Å². The van der Waals surface area contributed by atoms with E-state index in [1.54, 1.807) is 13.2 Å². The Kier molecular flexibility index (Phi) is 5.41. The molecule has 3 N–H and O–H groups in total. The molecule has 1 fully saturated rings. The van der Waals surface area contributed by atoms with Gasteiger partial charge in [0.15, 0.2) is 5.84 Å². The van der Waals surface area contributed by atoms with Gasteiger partial charge >= 0.3 is 0 Å². The van der Waals surface area contributed by atoms with Gasteiger partial charge in [0.05, 0.1) is 7.11 Å². The summed E-state index contributed by atoms with van der Waals surface area (Å²) in [6.45, 7) is 8.40. The van der Waals surface area contributed by atoms with Gasteiger partial charge < -0.3 is 20.6 Å². The fraction of sp³-hybridized carbons (Fsp3) is 0.533. The van der Waals surface area contributed by atoms with Crippen molar-refractivity contribution in [3.05, 3.63) is 29.3 Å². The van der Waals surface area contributed by atoms with Crippen LogP contribution in [0.1, 0.15) is 18.1 Å². The smallest absolute Gasteiger partial charge is 0.170 e. The SMILES string of the molecule is CCN1CCN(Cc2cc(/C(N)=N/O)ccc2OC)CC1. The van der Waals surface area contributed by atoms with Gasteiger partial charge in [0, 0.05) is 43.9 Å². The number of rotatable bonds is 5. The Morgan fingerprint density at radius 1 is 1.29 bits per heavy atom. The summed E-state index contributed by atoms with van der Waals surface area (Å²) in [5.74, 6) is 0.956. The van der Waals surface area contributed by atoms with Crippen molar-refractivity contribution in [3.63, 3.8) is 0 Å². The molecule has 0 bridgehead atoms. The molecule has 6 heteroatoms. The van der Waals surface area contributed by atoms with Crippen LogP contribution in [0.25, 0.3) is 0 Å². The Bertz CT molecular complexity index is 496.